The highest BCUT2D eigenvalue weighted by atomic mass is 16.3. The Morgan fingerprint density at radius 1 is 1.29 bits per heavy atom. The van der Waals surface area contributed by atoms with Crippen LogP contribution in [0.25, 0.3) is 0 Å². The summed E-state index contributed by atoms with van der Waals surface area (Å²) in [5.41, 5.74) is -0.541. The fourth-order valence-corrected chi connectivity index (χ4v) is 4.44. The number of carbonyl (C=O) groups is 1. The van der Waals surface area contributed by atoms with Crippen LogP contribution in [0.1, 0.15) is 53.4 Å². The maximum absolute atomic E-state index is 11.8. The highest BCUT2D eigenvalue weighted by molar-refractivity contribution is 5.79. The van der Waals surface area contributed by atoms with Gasteiger partial charge in [0.05, 0.1) is 5.60 Å². The molecule has 0 heterocycles. The van der Waals surface area contributed by atoms with E-state index in [1.165, 1.54) is 0 Å². The van der Waals surface area contributed by atoms with Crippen LogP contribution in [-0.2, 0) is 4.79 Å². The van der Waals surface area contributed by atoms with E-state index in [1.54, 1.807) is 6.92 Å². The minimum Gasteiger partial charge on any atom is -0.390 e. The summed E-state index contributed by atoms with van der Waals surface area (Å²) in [6.07, 6.45) is 4.01. The van der Waals surface area contributed by atoms with E-state index in [9.17, 15) is 9.90 Å². The maximum atomic E-state index is 11.8. The number of ketones is 1. The van der Waals surface area contributed by atoms with E-state index < -0.39 is 5.60 Å². The summed E-state index contributed by atoms with van der Waals surface area (Å²) < 4.78 is 0. The molecule has 2 aliphatic carbocycles. The molecule has 0 saturated heterocycles. The zero-order valence-electron chi connectivity index (χ0n) is 11.6. The van der Waals surface area contributed by atoms with Crippen LogP contribution < -0.4 is 0 Å². The molecule has 0 aromatic rings. The quantitative estimate of drug-likeness (QED) is 0.803. The summed E-state index contributed by atoms with van der Waals surface area (Å²) in [6.45, 7) is 8.23. The molecule has 0 bridgehead atoms. The Bertz CT molecular complexity index is 306. The first-order valence-corrected chi connectivity index (χ1v) is 7.07. The van der Waals surface area contributed by atoms with Gasteiger partial charge in [-0.15, -0.1) is 0 Å². The molecule has 2 saturated carbocycles. The lowest BCUT2D eigenvalue weighted by Gasteiger charge is -2.46. The second-order valence-corrected chi connectivity index (χ2v) is 6.78. The fourth-order valence-electron chi connectivity index (χ4n) is 4.44. The van der Waals surface area contributed by atoms with E-state index in [4.69, 9.17) is 0 Å². The smallest absolute Gasteiger partial charge is 0.133 e. The molecule has 0 aromatic heterocycles. The number of hydrogen-bond acceptors (Lipinski definition) is 2. The first kappa shape index (κ1) is 13.1. The standard InChI is InChI=1S/C15H26O2/c1-9(2)11-7-8-15(4,17)13-6-5-12(10(3)16)14(11)13/h9,11-14,17H,5-8H2,1-4H3/t11-,12+,13+,14-,15+/m1/s1. The summed E-state index contributed by atoms with van der Waals surface area (Å²) >= 11 is 0. The molecule has 17 heavy (non-hydrogen) atoms. The second kappa shape index (κ2) is 4.38. The number of carbonyl (C=O) groups excluding carboxylic acids is 1. The molecule has 2 heteroatoms. The molecule has 5 atom stereocenters. The highest BCUT2D eigenvalue weighted by Gasteiger charge is 2.53. The van der Waals surface area contributed by atoms with Gasteiger partial charge in [0.2, 0.25) is 0 Å². The van der Waals surface area contributed by atoms with Gasteiger partial charge in [-0.25, -0.2) is 0 Å². The largest absolute Gasteiger partial charge is 0.390 e. The lowest BCUT2D eigenvalue weighted by Crippen LogP contribution is -2.47. The van der Waals surface area contributed by atoms with Crippen molar-refractivity contribution in [2.24, 2.45) is 29.6 Å². The van der Waals surface area contributed by atoms with Crippen molar-refractivity contribution < 1.29 is 9.90 Å². The Kier molecular flexibility index (Phi) is 3.37. The molecular weight excluding hydrogens is 212 g/mol. The third-order valence-electron chi connectivity index (χ3n) is 5.37. The summed E-state index contributed by atoms with van der Waals surface area (Å²) in [5.74, 6) is 2.56. The Morgan fingerprint density at radius 2 is 1.94 bits per heavy atom. The van der Waals surface area contributed by atoms with E-state index in [-0.39, 0.29) is 5.92 Å². The van der Waals surface area contributed by atoms with Crippen LogP contribution in [0.5, 0.6) is 0 Å². The van der Waals surface area contributed by atoms with Gasteiger partial charge in [0.25, 0.3) is 0 Å². The Morgan fingerprint density at radius 3 is 2.47 bits per heavy atom. The predicted octanol–water partition coefficient (Wildman–Crippen LogP) is 3.03. The Labute approximate surface area is 105 Å². The molecule has 1 N–H and O–H groups in total. The molecule has 0 amide bonds. The van der Waals surface area contributed by atoms with Gasteiger partial charge in [0.1, 0.15) is 5.78 Å². The van der Waals surface area contributed by atoms with Crippen molar-refractivity contribution in [3.05, 3.63) is 0 Å². The predicted molar refractivity (Wildman–Crippen MR) is 68.6 cm³/mol. The number of Topliss-reactive ketones (excluding diaryl/α,β-unsaturated/α-hetero) is 1. The molecule has 0 radical (unpaired) electrons. The third-order valence-corrected chi connectivity index (χ3v) is 5.37. The van der Waals surface area contributed by atoms with Crippen LogP contribution in [0.3, 0.4) is 0 Å². The maximum Gasteiger partial charge on any atom is 0.133 e. The highest BCUT2D eigenvalue weighted by Crippen LogP contribution is 2.54. The van der Waals surface area contributed by atoms with Crippen LogP contribution in [0.2, 0.25) is 0 Å². The number of hydrogen-bond donors (Lipinski definition) is 1. The minimum absolute atomic E-state index is 0.208. The van der Waals surface area contributed by atoms with Crippen molar-refractivity contribution in [3.8, 4) is 0 Å². The topological polar surface area (TPSA) is 37.3 Å². The SMILES string of the molecule is CC(=O)[C@@H]1CC[C@H]2[C@@H]1[C@@H](C(C)C)CC[C@]2(C)O. The van der Waals surface area contributed by atoms with Crippen LogP contribution in [0.15, 0.2) is 0 Å². The first-order chi connectivity index (χ1) is 7.84. The molecule has 0 unspecified atom stereocenters. The van der Waals surface area contributed by atoms with Crippen molar-refractivity contribution in [2.75, 3.05) is 0 Å². The molecule has 0 aromatic carbocycles. The van der Waals surface area contributed by atoms with Gasteiger partial charge in [-0.1, -0.05) is 13.8 Å². The van der Waals surface area contributed by atoms with E-state index in [2.05, 4.69) is 13.8 Å². The van der Waals surface area contributed by atoms with Gasteiger partial charge in [0.15, 0.2) is 0 Å². The van der Waals surface area contributed by atoms with Gasteiger partial charge in [-0.05, 0) is 63.2 Å². The molecule has 0 aliphatic heterocycles. The van der Waals surface area contributed by atoms with Gasteiger partial charge in [-0.3, -0.25) is 4.79 Å². The minimum atomic E-state index is -0.541. The van der Waals surface area contributed by atoms with Crippen molar-refractivity contribution in [1.29, 1.82) is 0 Å². The van der Waals surface area contributed by atoms with Crippen LogP contribution in [0.4, 0.5) is 0 Å². The van der Waals surface area contributed by atoms with Gasteiger partial charge in [0, 0.05) is 5.92 Å². The van der Waals surface area contributed by atoms with Crippen LogP contribution in [0, 0.1) is 29.6 Å². The van der Waals surface area contributed by atoms with Gasteiger partial charge in [-0.2, -0.15) is 0 Å². The molecule has 2 fully saturated rings. The average Bonchev–Trinajstić information content (AvgIpc) is 2.62. The van der Waals surface area contributed by atoms with E-state index in [0.717, 1.165) is 25.7 Å². The third kappa shape index (κ3) is 2.16. The molecule has 2 rings (SSSR count). The van der Waals surface area contributed by atoms with E-state index in [0.29, 0.717) is 29.5 Å². The number of aliphatic hydroxyl groups is 1. The number of rotatable bonds is 2. The monoisotopic (exact) mass is 238 g/mol. The summed E-state index contributed by atoms with van der Waals surface area (Å²) in [5, 5.41) is 10.5. The van der Waals surface area contributed by atoms with Crippen LogP contribution in [-0.4, -0.2) is 16.5 Å². The number of fused-ring (bicyclic) bond motifs is 1. The average molecular weight is 238 g/mol. The van der Waals surface area contributed by atoms with Crippen molar-refractivity contribution in [3.63, 3.8) is 0 Å². The lowest BCUT2D eigenvalue weighted by atomic mass is 9.61. The first-order valence-electron chi connectivity index (χ1n) is 7.07. The zero-order valence-corrected chi connectivity index (χ0v) is 11.6. The van der Waals surface area contributed by atoms with Crippen molar-refractivity contribution in [2.45, 2.75) is 59.0 Å². The van der Waals surface area contributed by atoms with Crippen LogP contribution >= 0.6 is 0 Å². The Hall–Kier alpha value is -0.370. The summed E-state index contributed by atoms with van der Waals surface area (Å²) in [7, 11) is 0. The second-order valence-electron chi connectivity index (χ2n) is 6.78. The normalized spacial score (nSPS) is 46.0. The molecule has 2 aliphatic rings. The zero-order chi connectivity index (χ0) is 12.8. The van der Waals surface area contributed by atoms with Gasteiger partial charge >= 0.3 is 0 Å². The van der Waals surface area contributed by atoms with Gasteiger partial charge < -0.3 is 5.11 Å². The fraction of sp³-hybridized carbons (Fsp3) is 0.933. The molecular formula is C15H26O2. The van der Waals surface area contributed by atoms with Crippen molar-refractivity contribution in [1.82, 2.24) is 0 Å². The molecule has 2 nitrogen and oxygen atoms in total. The van der Waals surface area contributed by atoms with Crippen molar-refractivity contribution >= 4 is 5.78 Å². The molecule has 98 valence electrons. The van der Waals surface area contributed by atoms with E-state index >= 15 is 0 Å². The Balaban J connectivity index is 2.28. The summed E-state index contributed by atoms with van der Waals surface area (Å²) in [4.78, 5) is 11.8. The summed E-state index contributed by atoms with van der Waals surface area (Å²) in [6, 6.07) is 0. The van der Waals surface area contributed by atoms with E-state index in [1.807, 2.05) is 6.92 Å². The lowest BCUT2D eigenvalue weighted by molar-refractivity contribution is -0.127. The molecule has 0 spiro atoms.